The first kappa shape index (κ1) is 16.9. The first-order valence-corrected chi connectivity index (χ1v) is 7.01. The van der Waals surface area contributed by atoms with E-state index in [-0.39, 0.29) is 21.8 Å². The van der Waals surface area contributed by atoms with Gasteiger partial charge in [-0.25, -0.2) is 0 Å². The van der Waals surface area contributed by atoms with Crippen LogP contribution in [-0.2, 0) is 5.41 Å². The van der Waals surface area contributed by atoms with Gasteiger partial charge in [-0.05, 0) is 23.1 Å². The Balaban J connectivity index is 2.40. The largest absolute Gasteiger partial charge is 0.357 e. The summed E-state index contributed by atoms with van der Waals surface area (Å²) in [5.41, 5.74) is 3.92. The molecule has 98 valence electrons. The van der Waals surface area contributed by atoms with Crippen molar-refractivity contribution < 1.29 is 0 Å². The predicted molar refractivity (Wildman–Crippen MR) is 102 cm³/mol. The lowest BCUT2D eigenvalue weighted by molar-refractivity contribution is 0.590. The van der Waals surface area contributed by atoms with E-state index in [1.807, 2.05) is 12.1 Å². The monoisotopic (exact) mass is 275 g/mol. The molecule has 0 aliphatic carbocycles. The van der Waals surface area contributed by atoms with Crippen LogP contribution >= 0.6 is 0 Å². The maximum Gasteiger partial charge on any atom is 0.115 e. The van der Waals surface area contributed by atoms with Gasteiger partial charge in [-0.15, -0.1) is 16.4 Å². The van der Waals surface area contributed by atoms with Gasteiger partial charge in [0.1, 0.15) is 39.2 Å². The highest BCUT2D eigenvalue weighted by Gasteiger charge is 2.14. The van der Waals surface area contributed by atoms with E-state index in [2.05, 4.69) is 38.2 Å². The minimum absolute atomic E-state index is 0.0899. The molecule has 2 aromatic carbocycles. The lowest BCUT2D eigenvalue weighted by Gasteiger charge is -2.23. The summed E-state index contributed by atoms with van der Waals surface area (Å²) in [6.45, 7) is 6.48. The fourth-order valence-corrected chi connectivity index (χ4v) is 2.18. The number of nitrogens with one attached hydrogen (secondary N) is 1. The number of benzene rings is 2. The Morgan fingerprint density at radius 2 is 1.09 bits per heavy atom. The molecule has 0 aromatic heterocycles. The van der Waals surface area contributed by atoms with Gasteiger partial charge in [0.2, 0.25) is 0 Å². The van der Waals surface area contributed by atoms with Crippen molar-refractivity contribution in [1.29, 1.82) is 0 Å². The van der Waals surface area contributed by atoms with Crippen molar-refractivity contribution in [2.45, 2.75) is 26.2 Å². The van der Waals surface area contributed by atoms with Gasteiger partial charge in [0, 0.05) is 11.4 Å². The molecule has 0 aliphatic rings. The summed E-state index contributed by atoms with van der Waals surface area (Å²) in [7, 11) is 29.5. The van der Waals surface area contributed by atoms with Gasteiger partial charge in [-0.2, -0.15) is 0 Å². The minimum atomic E-state index is 0.0899. The van der Waals surface area contributed by atoms with Crippen LogP contribution < -0.4 is 32.6 Å². The lowest BCUT2D eigenvalue weighted by atomic mass is 9.61. The Morgan fingerprint density at radius 1 is 0.682 bits per heavy atom. The number of hydrogen-bond donors (Lipinski definition) is 1. The Kier molecular flexibility index (Phi) is 4.61. The summed E-state index contributed by atoms with van der Waals surface area (Å²) in [5.74, 6) is 0. The molecule has 0 saturated heterocycles. The zero-order valence-corrected chi connectivity index (χ0v) is 13.2. The minimum Gasteiger partial charge on any atom is -0.357 e. The molecule has 2 aromatic rings. The fraction of sp³-hybridized carbons (Fsp3) is 0.250. The third-order valence-corrected chi connectivity index (χ3v) is 3.72. The Bertz CT molecular complexity index is 673. The predicted octanol–water partition coefficient (Wildman–Crippen LogP) is -1.30. The average Bonchev–Trinajstić information content (AvgIpc) is 2.47. The van der Waals surface area contributed by atoms with Gasteiger partial charge in [0.05, 0.1) is 0 Å². The molecule has 2 rings (SSSR count). The van der Waals surface area contributed by atoms with Crippen LogP contribution in [0.1, 0.15) is 26.3 Å². The molecule has 0 fully saturated rings. The Hall–Kier alpha value is -1.44. The highest BCUT2D eigenvalue weighted by Crippen LogP contribution is 2.24. The summed E-state index contributed by atoms with van der Waals surface area (Å²) in [6, 6.07) is 8.03. The summed E-state index contributed by atoms with van der Waals surface area (Å²) in [6.07, 6.45) is 0. The first-order chi connectivity index (χ1) is 10.1. The third kappa shape index (κ3) is 3.16. The molecule has 22 heavy (non-hydrogen) atoms. The summed E-state index contributed by atoms with van der Waals surface area (Å²) >= 11 is 0. The molecular formula is C16H14B5N. The number of rotatable bonds is 2. The Labute approximate surface area is 139 Å². The van der Waals surface area contributed by atoms with E-state index in [9.17, 15) is 0 Å². The molecular weight excluding hydrogens is 260 g/mol. The van der Waals surface area contributed by atoms with Gasteiger partial charge in [-0.3, -0.25) is 0 Å². The van der Waals surface area contributed by atoms with Crippen molar-refractivity contribution in [1.82, 2.24) is 0 Å². The van der Waals surface area contributed by atoms with Crippen LogP contribution in [0.25, 0.3) is 0 Å². The molecule has 0 amide bonds. The van der Waals surface area contributed by atoms with E-state index in [0.29, 0.717) is 16.6 Å². The summed E-state index contributed by atoms with van der Waals surface area (Å²) < 4.78 is 0. The highest BCUT2D eigenvalue weighted by atomic mass is 14.9. The zero-order chi connectivity index (χ0) is 16.7. The summed E-state index contributed by atoms with van der Waals surface area (Å²) in [5, 5.41) is 3.16. The van der Waals surface area contributed by atoms with Crippen LogP contribution in [-0.4, -0.2) is 39.2 Å². The second kappa shape index (κ2) is 5.99. The molecule has 0 heterocycles. The van der Waals surface area contributed by atoms with E-state index >= 15 is 0 Å². The topological polar surface area (TPSA) is 12.0 Å². The van der Waals surface area contributed by atoms with Gasteiger partial charge >= 0.3 is 0 Å². The molecule has 1 N–H and O–H groups in total. The van der Waals surface area contributed by atoms with Crippen molar-refractivity contribution in [3.8, 4) is 0 Å². The van der Waals surface area contributed by atoms with Crippen LogP contribution in [0.15, 0.2) is 24.3 Å². The van der Waals surface area contributed by atoms with Crippen molar-refractivity contribution in [3.05, 3.63) is 29.8 Å². The van der Waals surface area contributed by atoms with Gasteiger partial charge in [0.25, 0.3) is 0 Å². The Morgan fingerprint density at radius 3 is 1.50 bits per heavy atom. The van der Waals surface area contributed by atoms with Crippen LogP contribution in [0.2, 0.25) is 0 Å². The normalized spacial score (nSPS) is 11.4. The van der Waals surface area contributed by atoms with Crippen LogP contribution in [0.3, 0.4) is 0 Å². The molecule has 0 aliphatic heterocycles. The first-order valence-electron chi connectivity index (χ1n) is 7.01. The maximum absolute atomic E-state index is 6.00. The van der Waals surface area contributed by atoms with Crippen molar-refractivity contribution >= 4 is 77.9 Å². The lowest BCUT2D eigenvalue weighted by Crippen LogP contribution is -2.55. The summed E-state index contributed by atoms with van der Waals surface area (Å²) in [4.78, 5) is 0. The SMILES string of the molecule is [B]c1c([B])c([B])c(Nc2ccc(C(C)(C)C)cc2)c([B])c1[B]. The molecule has 0 unspecified atom stereocenters. The smallest absolute Gasteiger partial charge is 0.115 e. The standard InChI is InChI=1S/C16H14B5N/c1-16(2,3)8-4-6-9(7-5-8)22-15-13(20)11(18)10(17)12(19)14(15)21/h4-7,22H,1-3H3. The molecule has 0 saturated carbocycles. The fourth-order valence-electron chi connectivity index (χ4n) is 2.18. The van der Waals surface area contributed by atoms with E-state index in [0.717, 1.165) is 5.69 Å². The highest BCUT2D eigenvalue weighted by molar-refractivity contribution is 6.68. The van der Waals surface area contributed by atoms with Crippen LogP contribution in [0.5, 0.6) is 0 Å². The van der Waals surface area contributed by atoms with Gasteiger partial charge in [-0.1, -0.05) is 43.8 Å². The maximum atomic E-state index is 6.00. The van der Waals surface area contributed by atoms with E-state index in [1.54, 1.807) is 0 Å². The number of hydrogen-bond acceptors (Lipinski definition) is 1. The van der Waals surface area contributed by atoms with Gasteiger partial charge in [0.15, 0.2) is 0 Å². The molecule has 0 bridgehead atoms. The average molecular weight is 274 g/mol. The molecule has 0 atom stereocenters. The second-order valence-corrected chi connectivity index (χ2v) is 6.40. The van der Waals surface area contributed by atoms with Crippen LogP contribution in [0.4, 0.5) is 11.4 Å². The van der Waals surface area contributed by atoms with E-state index in [4.69, 9.17) is 39.2 Å². The molecule has 6 heteroatoms. The third-order valence-electron chi connectivity index (χ3n) is 3.72. The van der Waals surface area contributed by atoms with E-state index in [1.165, 1.54) is 5.56 Å². The van der Waals surface area contributed by atoms with Gasteiger partial charge < -0.3 is 5.32 Å². The molecule has 10 radical (unpaired) electrons. The second-order valence-electron chi connectivity index (χ2n) is 6.40. The molecule has 1 nitrogen and oxygen atoms in total. The zero-order valence-electron chi connectivity index (χ0n) is 13.2. The molecule has 0 spiro atoms. The van der Waals surface area contributed by atoms with Crippen molar-refractivity contribution in [2.75, 3.05) is 5.32 Å². The van der Waals surface area contributed by atoms with Crippen LogP contribution in [0, 0.1) is 0 Å². The van der Waals surface area contributed by atoms with E-state index < -0.39 is 0 Å². The number of anilines is 2. The quantitative estimate of drug-likeness (QED) is 0.671. The van der Waals surface area contributed by atoms with Crippen molar-refractivity contribution in [3.63, 3.8) is 0 Å². The van der Waals surface area contributed by atoms with Crippen molar-refractivity contribution in [2.24, 2.45) is 0 Å².